The molecule has 4 unspecified atom stereocenters. The normalized spacial score (nSPS) is 19.9. The Morgan fingerprint density at radius 1 is 0.911 bits per heavy atom. The molecule has 56 heavy (non-hydrogen) atoms. The third-order valence-electron chi connectivity index (χ3n) is 10.9. The van der Waals surface area contributed by atoms with Crippen molar-refractivity contribution < 1.29 is 51.5 Å². The van der Waals surface area contributed by atoms with Crippen LogP contribution in [-0.4, -0.2) is 72.1 Å². The van der Waals surface area contributed by atoms with Gasteiger partial charge in [-0.1, -0.05) is 88.4 Å². The Morgan fingerprint density at radius 2 is 1.50 bits per heavy atom. The third-order valence-corrected chi connectivity index (χ3v) is 12.7. The fourth-order valence-electron chi connectivity index (χ4n) is 7.47. The van der Waals surface area contributed by atoms with Gasteiger partial charge in [-0.3, -0.25) is 28.8 Å². The van der Waals surface area contributed by atoms with E-state index in [1.165, 1.54) is 20.8 Å². The van der Waals surface area contributed by atoms with Crippen LogP contribution in [0.5, 0.6) is 0 Å². The van der Waals surface area contributed by atoms with Crippen LogP contribution in [0, 0.1) is 28.6 Å². The number of carbonyl (C=O) groups is 6. The molecule has 306 valence electrons. The second kappa shape index (κ2) is 18.1. The number of rotatable bonds is 18. The van der Waals surface area contributed by atoms with Gasteiger partial charge in [-0.05, 0) is 62.0 Å². The van der Waals surface area contributed by atoms with Crippen molar-refractivity contribution in [3.8, 4) is 0 Å². The molecule has 2 saturated carbocycles. The summed E-state index contributed by atoms with van der Waals surface area (Å²) < 4.78 is 39.7. The van der Waals surface area contributed by atoms with E-state index in [0.717, 1.165) is 5.56 Å². The maximum atomic E-state index is 14.3. The van der Waals surface area contributed by atoms with E-state index in [4.69, 9.17) is 14.3 Å². The number of ether oxygens (including phenoxy) is 2. The van der Waals surface area contributed by atoms with Gasteiger partial charge in [0.25, 0.3) is 0 Å². The fraction of sp³-hybridized carbons (Fsp3) is 0.561. The maximum Gasteiger partial charge on any atom is 0.424 e. The number of hydroxylamine groups is 1. The first-order valence-electron chi connectivity index (χ1n) is 18.9. The van der Waals surface area contributed by atoms with Crippen molar-refractivity contribution in [2.75, 3.05) is 12.3 Å². The van der Waals surface area contributed by atoms with Crippen LogP contribution in [0.25, 0.3) is 0 Å². The molecule has 2 aromatic rings. The first-order valence-corrected chi connectivity index (χ1v) is 20.5. The number of sulfonamides is 1. The Labute approximate surface area is 329 Å². The molecule has 0 saturated heterocycles. The molecule has 0 radical (unpaired) electrons. The fourth-order valence-corrected chi connectivity index (χ4v) is 9.52. The van der Waals surface area contributed by atoms with E-state index in [-0.39, 0.29) is 37.8 Å². The molecule has 4 rings (SSSR count). The number of nitrogens with one attached hydrogen (secondary N) is 2. The molecule has 0 aliphatic heterocycles. The number of fused-ring (bicyclic) bond motifs is 2. The second-order valence-electron chi connectivity index (χ2n) is 16.6. The predicted octanol–water partition coefficient (Wildman–Crippen LogP) is 5.05. The number of esters is 1. The number of hydrogen-bond donors (Lipinski definition) is 2. The van der Waals surface area contributed by atoms with E-state index in [1.807, 2.05) is 44.2 Å². The number of Topliss-reactive ketones (excluding diaryl/α,β-unsaturated/α-hetero) is 2. The van der Waals surface area contributed by atoms with Gasteiger partial charge in [-0.15, -0.1) is 0 Å². The molecule has 2 aliphatic rings. The Kier molecular flexibility index (Phi) is 14.2. The Morgan fingerprint density at radius 3 is 2.02 bits per heavy atom. The Bertz CT molecular complexity index is 1860. The van der Waals surface area contributed by atoms with Gasteiger partial charge in [0.05, 0.1) is 30.2 Å². The van der Waals surface area contributed by atoms with Gasteiger partial charge in [0.1, 0.15) is 24.5 Å². The first kappa shape index (κ1) is 44.1. The Balaban J connectivity index is 1.57. The van der Waals surface area contributed by atoms with Crippen LogP contribution in [0.3, 0.4) is 0 Å². The van der Waals surface area contributed by atoms with Crippen LogP contribution in [0.15, 0.2) is 60.7 Å². The zero-order valence-electron chi connectivity index (χ0n) is 33.3. The monoisotopic (exact) mass is 797 g/mol. The van der Waals surface area contributed by atoms with Crippen LogP contribution in [0.4, 0.5) is 4.79 Å². The summed E-state index contributed by atoms with van der Waals surface area (Å²) in [5, 5.41) is 2.54. The summed E-state index contributed by atoms with van der Waals surface area (Å²) in [5.41, 5.74) is 0.673. The molecule has 2 aliphatic carbocycles. The number of nitrogens with zero attached hydrogens (tertiary/aromatic N) is 1. The predicted molar refractivity (Wildman–Crippen MR) is 205 cm³/mol. The molecular weight excluding hydrogens is 743 g/mol. The number of amides is 3. The van der Waals surface area contributed by atoms with E-state index < -0.39 is 92.7 Å². The molecule has 2 N–H and O–H groups in total. The highest BCUT2D eigenvalue weighted by Gasteiger charge is 2.66. The van der Waals surface area contributed by atoms with Gasteiger partial charge < -0.3 is 14.8 Å². The van der Waals surface area contributed by atoms with Crippen molar-refractivity contribution in [3.05, 3.63) is 71.8 Å². The van der Waals surface area contributed by atoms with Crippen molar-refractivity contribution in [2.45, 2.75) is 105 Å². The lowest BCUT2D eigenvalue weighted by Gasteiger charge is -2.37. The average Bonchev–Trinajstić information content (AvgIpc) is 3.45. The lowest BCUT2D eigenvalue weighted by Crippen LogP contribution is -2.54. The SMILES string of the molecule is CC(C)C(CC(=O)NOCc1ccccc1)C(=O)NC(CC(=O)OCc1ccccc1)C(=O)CN(C(=O)OC(C)(C)C)S(=O)(=O)CC12CCC(CC1=O)C2(C)C. The topological polar surface area (TPSA) is 192 Å². The summed E-state index contributed by atoms with van der Waals surface area (Å²) in [5.74, 6) is -5.68. The summed E-state index contributed by atoms with van der Waals surface area (Å²) >= 11 is 0. The van der Waals surface area contributed by atoms with Crippen LogP contribution >= 0.6 is 0 Å². The third kappa shape index (κ3) is 11.0. The molecule has 0 aromatic heterocycles. The molecule has 2 fully saturated rings. The summed E-state index contributed by atoms with van der Waals surface area (Å²) in [7, 11) is -4.71. The molecule has 15 heteroatoms. The molecule has 2 bridgehead atoms. The minimum atomic E-state index is -4.71. The van der Waals surface area contributed by atoms with Gasteiger partial charge in [0.15, 0.2) is 5.78 Å². The maximum absolute atomic E-state index is 14.3. The molecule has 0 heterocycles. The van der Waals surface area contributed by atoms with Crippen molar-refractivity contribution >= 4 is 45.5 Å². The number of hydrogen-bond acceptors (Lipinski definition) is 11. The number of carbonyl (C=O) groups excluding carboxylic acids is 6. The van der Waals surface area contributed by atoms with Crippen LogP contribution in [-0.2, 0) is 61.5 Å². The van der Waals surface area contributed by atoms with E-state index in [2.05, 4.69) is 10.8 Å². The van der Waals surface area contributed by atoms with Gasteiger partial charge in [0, 0.05) is 18.8 Å². The zero-order valence-corrected chi connectivity index (χ0v) is 34.1. The van der Waals surface area contributed by atoms with E-state index >= 15 is 0 Å². The van der Waals surface area contributed by atoms with Gasteiger partial charge >= 0.3 is 12.1 Å². The standard InChI is InChI=1S/C41H55N3O11S/c1-27(2)31(21-35(47)43-54-25-29-16-12-9-13-17-29)37(49)42-32(22-36(48)53-24-28-14-10-8-11-15-28)33(45)23-44(38(50)55-39(3,4)5)56(51,52)26-41-19-18-30(20-34(41)46)40(41,6)7/h8-17,27,30-32H,18-26H2,1-7H3,(H,42,49)(H,43,47). The molecular formula is C41H55N3O11S. The lowest BCUT2D eigenvalue weighted by molar-refractivity contribution is -0.147. The second-order valence-corrected chi connectivity index (χ2v) is 18.5. The number of benzene rings is 2. The minimum absolute atomic E-state index is 0.0188. The highest BCUT2D eigenvalue weighted by atomic mass is 32.2. The summed E-state index contributed by atoms with van der Waals surface area (Å²) in [6.45, 7) is 10.5. The van der Waals surface area contributed by atoms with Gasteiger partial charge in [-0.2, -0.15) is 4.31 Å². The Hall–Kier alpha value is -4.63. The smallest absolute Gasteiger partial charge is 0.424 e. The van der Waals surface area contributed by atoms with Crippen molar-refractivity contribution in [1.82, 2.24) is 15.1 Å². The van der Waals surface area contributed by atoms with Crippen LogP contribution < -0.4 is 10.8 Å². The van der Waals surface area contributed by atoms with Crippen molar-refractivity contribution in [2.24, 2.45) is 28.6 Å². The molecule has 2 aromatic carbocycles. The van der Waals surface area contributed by atoms with E-state index in [9.17, 15) is 37.2 Å². The first-order chi connectivity index (χ1) is 26.1. The molecule has 4 atom stereocenters. The quantitative estimate of drug-likeness (QED) is 0.152. The van der Waals surface area contributed by atoms with Crippen LogP contribution in [0.2, 0.25) is 0 Å². The van der Waals surface area contributed by atoms with E-state index in [0.29, 0.717) is 22.7 Å². The number of ketones is 2. The lowest BCUT2D eigenvalue weighted by atomic mass is 9.70. The van der Waals surface area contributed by atoms with Crippen molar-refractivity contribution in [1.29, 1.82) is 0 Å². The summed E-state index contributed by atoms with van der Waals surface area (Å²) in [4.78, 5) is 86.4. The van der Waals surface area contributed by atoms with Crippen LogP contribution in [0.1, 0.15) is 91.7 Å². The minimum Gasteiger partial charge on any atom is -0.461 e. The average molecular weight is 798 g/mol. The summed E-state index contributed by atoms with van der Waals surface area (Å²) in [6, 6.07) is 16.2. The zero-order chi connectivity index (χ0) is 41.5. The van der Waals surface area contributed by atoms with Crippen molar-refractivity contribution in [3.63, 3.8) is 0 Å². The molecule has 14 nitrogen and oxygen atoms in total. The van der Waals surface area contributed by atoms with E-state index in [1.54, 1.807) is 44.2 Å². The molecule has 3 amide bonds. The highest BCUT2D eigenvalue weighted by molar-refractivity contribution is 7.89. The molecule has 0 spiro atoms. The van der Waals surface area contributed by atoms with Gasteiger partial charge in [0.2, 0.25) is 21.8 Å². The summed E-state index contributed by atoms with van der Waals surface area (Å²) in [6.07, 6.45) is -1.22. The van der Waals surface area contributed by atoms with Gasteiger partial charge in [-0.25, -0.2) is 18.7 Å². The largest absolute Gasteiger partial charge is 0.461 e. The highest BCUT2D eigenvalue weighted by Crippen LogP contribution is 2.64.